The SMILES string of the molecule is COC(=O)C(O)CNC(=O)C(Cl)c1ccccc1. The third-order valence-corrected chi connectivity index (χ3v) is 2.72. The third kappa shape index (κ3) is 4.01. The molecule has 0 radical (unpaired) electrons. The van der Waals surface area contributed by atoms with Gasteiger partial charge in [0, 0.05) is 0 Å². The first-order valence-corrected chi connectivity index (χ1v) is 5.72. The van der Waals surface area contributed by atoms with Gasteiger partial charge in [0.1, 0.15) is 5.38 Å². The highest BCUT2D eigenvalue weighted by Crippen LogP contribution is 2.19. The van der Waals surface area contributed by atoms with Crippen molar-refractivity contribution in [3.8, 4) is 0 Å². The van der Waals surface area contributed by atoms with Crippen molar-refractivity contribution < 1.29 is 19.4 Å². The minimum Gasteiger partial charge on any atom is -0.467 e. The molecule has 0 fully saturated rings. The van der Waals surface area contributed by atoms with Gasteiger partial charge in [-0.3, -0.25) is 4.79 Å². The summed E-state index contributed by atoms with van der Waals surface area (Å²) >= 11 is 5.94. The lowest BCUT2D eigenvalue weighted by atomic mass is 10.1. The van der Waals surface area contributed by atoms with Crippen molar-refractivity contribution >= 4 is 23.5 Å². The molecule has 18 heavy (non-hydrogen) atoms. The highest BCUT2D eigenvalue weighted by atomic mass is 35.5. The van der Waals surface area contributed by atoms with Crippen molar-refractivity contribution in [3.63, 3.8) is 0 Å². The molecule has 1 rings (SSSR count). The van der Waals surface area contributed by atoms with E-state index < -0.39 is 23.4 Å². The molecule has 2 unspecified atom stereocenters. The van der Waals surface area contributed by atoms with Gasteiger partial charge in [0.15, 0.2) is 6.10 Å². The number of benzene rings is 1. The Hall–Kier alpha value is -1.59. The fourth-order valence-corrected chi connectivity index (χ4v) is 1.50. The summed E-state index contributed by atoms with van der Waals surface area (Å²) in [6, 6.07) is 8.77. The van der Waals surface area contributed by atoms with Crippen LogP contribution < -0.4 is 5.32 Å². The first kappa shape index (κ1) is 14.5. The molecule has 98 valence electrons. The number of hydrogen-bond donors (Lipinski definition) is 2. The lowest BCUT2D eigenvalue weighted by Crippen LogP contribution is -2.38. The van der Waals surface area contributed by atoms with Crippen LogP contribution >= 0.6 is 11.6 Å². The maximum absolute atomic E-state index is 11.7. The predicted molar refractivity (Wildman–Crippen MR) is 66.1 cm³/mol. The van der Waals surface area contributed by atoms with Gasteiger partial charge in [-0.25, -0.2) is 4.79 Å². The molecule has 0 aliphatic rings. The minimum atomic E-state index is -1.39. The molecule has 0 saturated carbocycles. The van der Waals surface area contributed by atoms with E-state index in [1.165, 1.54) is 0 Å². The number of nitrogens with one attached hydrogen (secondary N) is 1. The Labute approximate surface area is 110 Å². The molecule has 0 aromatic heterocycles. The fraction of sp³-hybridized carbons (Fsp3) is 0.333. The topological polar surface area (TPSA) is 75.6 Å². The van der Waals surface area contributed by atoms with Gasteiger partial charge in [-0.2, -0.15) is 0 Å². The normalized spacial score (nSPS) is 13.5. The number of aliphatic hydroxyl groups excluding tert-OH is 1. The monoisotopic (exact) mass is 271 g/mol. The Balaban J connectivity index is 2.49. The number of halogens is 1. The minimum absolute atomic E-state index is 0.235. The summed E-state index contributed by atoms with van der Waals surface area (Å²) in [5.41, 5.74) is 0.643. The molecule has 5 nitrogen and oxygen atoms in total. The van der Waals surface area contributed by atoms with Gasteiger partial charge in [-0.05, 0) is 5.56 Å². The van der Waals surface area contributed by atoms with Crippen LogP contribution in [0.2, 0.25) is 0 Å². The van der Waals surface area contributed by atoms with Gasteiger partial charge in [-0.15, -0.1) is 11.6 Å². The zero-order chi connectivity index (χ0) is 13.5. The average molecular weight is 272 g/mol. The zero-order valence-electron chi connectivity index (χ0n) is 9.80. The average Bonchev–Trinajstić information content (AvgIpc) is 2.43. The predicted octanol–water partition coefficient (Wildman–Crippen LogP) is 0.617. The molecule has 0 spiro atoms. The number of methoxy groups -OCH3 is 1. The first-order chi connectivity index (χ1) is 8.56. The van der Waals surface area contributed by atoms with E-state index in [1.54, 1.807) is 24.3 Å². The second kappa shape index (κ2) is 6.98. The van der Waals surface area contributed by atoms with Gasteiger partial charge in [-0.1, -0.05) is 30.3 Å². The van der Waals surface area contributed by atoms with E-state index in [9.17, 15) is 14.7 Å². The van der Waals surface area contributed by atoms with E-state index in [0.717, 1.165) is 7.11 Å². The smallest absolute Gasteiger partial charge is 0.336 e. The van der Waals surface area contributed by atoms with Crippen LogP contribution in [0.4, 0.5) is 0 Å². The van der Waals surface area contributed by atoms with Gasteiger partial charge < -0.3 is 15.2 Å². The summed E-state index contributed by atoms with van der Waals surface area (Å²) in [5.74, 6) is -1.29. The largest absolute Gasteiger partial charge is 0.467 e. The molecule has 6 heteroatoms. The molecule has 0 saturated heterocycles. The van der Waals surface area contributed by atoms with E-state index in [1.807, 2.05) is 6.07 Å². The number of rotatable bonds is 5. The van der Waals surface area contributed by atoms with Gasteiger partial charge >= 0.3 is 5.97 Å². The van der Waals surface area contributed by atoms with Crippen LogP contribution in [-0.4, -0.2) is 36.7 Å². The van der Waals surface area contributed by atoms with Crippen molar-refractivity contribution in [1.29, 1.82) is 0 Å². The van der Waals surface area contributed by atoms with Crippen molar-refractivity contribution in [3.05, 3.63) is 35.9 Å². The molecule has 0 heterocycles. The van der Waals surface area contributed by atoms with Crippen molar-refractivity contribution in [2.24, 2.45) is 0 Å². The van der Waals surface area contributed by atoms with E-state index in [2.05, 4.69) is 10.1 Å². The molecule has 1 aromatic carbocycles. The molecule has 0 aliphatic heterocycles. The summed E-state index contributed by atoms with van der Waals surface area (Å²) in [4.78, 5) is 22.6. The summed E-state index contributed by atoms with van der Waals surface area (Å²) < 4.78 is 4.32. The van der Waals surface area contributed by atoms with Crippen molar-refractivity contribution in [2.45, 2.75) is 11.5 Å². The quantitative estimate of drug-likeness (QED) is 0.608. The lowest BCUT2D eigenvalue weighted by molar-refractivity contribution is -0.150. The standard InChI is InChI=1S/C12H14ClNO4/c1-18-12(17)9(15)7-14-11(16)10(13)8-5-3-2-4-6-8/h2-6,9-10,15H,7H2,1H3,(H,14,16). The number of hydrogen-bond acceptors (Lipinski definition) is 4. The molecular formula is C12H14ClNO4. The van der Waals surface area contributed by atoms with Crippen LogP contribution in [-0.2, 0) is 14.3 Å². The lowest BCUT2D eigenvalue weighted by Gasteiger charge is -2.13. The van der Waals surface area contributed by atoms with E-state index >= 15 is 0 Å². The number of alkyl halides is 1. The highest BCUT2D eigenvalue weighted by Gasteiger charge is 2.20. The highest BCUT2D eigenvalue weighted by molar-refractivity contribution is 6.30. The molecule has 0 aliphatic carbocycles. The summed E-state index contributed by atoms with van der Waals surface area (Å²) in [6.45, 7) is -0.235. The van der Waals surface area contributed by atoms with Gasteiger partial charge in [0.2, 0.25) is 5.91 Å². The van der Waals surface area contributed by atoms with E-state index in [4.69, 9.17) is 11.6 Å². The molecule has 2 N–H and O–H groups in total. The van der Waals surface area contributed by atoms with Gasteiger partial charge in [0.25, 0.3) is 0 Å². The number of carbonyl (C=O) groups is 2. The maximum Gasteiger partial charge on any atom is 0.336 e. The Morgan fingerprint density at radius 2 is 2.00 bits per heavy atom. The van der Waals surface area contributed by atoms with E-state index in [-0.39, 0.29) is 6.54 Å². The molecule has 1 aromatic rings. The number of carbonyl (C=O) groups excluding carboxylic acids is 2. The number of aliphatic hydroxyl groups is 1. The van der Waals surface area contributed by atoms with Crippen molar-refractivity contribution in [2.75, 3.05) is 13.7 Å². The second-order valence-electron chi connectivity index (χ2n) is 3.56. The Morgan fingerprint density at radius 1 is 1.39 bits per heavy atom. The van der Waals surface area contributed by atoms with Gasteiger partial charge in [0.05, 0.1) is 13.7 Å². The number of amides is 1. The Kier molecular flexibility index (Phi) is 5.61. The van der Waals surface area contributed by atoms with Crippen LogP contribution in [0, 0.1) is 0 Å². The molecule has 1 amide bonds. The molecule has 0 bridgehead atoms. The van der Waals surface area contributed by atoms with Crippen molar-refractivity contribution in [1.82, 2.24) is 5.32 Å². The Morgan fingerprint density at radius 3 is 2.56 bits per heavy atom. The number of ether oxygens (including phenoxy) is 1. The molecule has 2 atom stereocenters. The van der Waals surface area contributed by atoms with Crippen LogP contribution in [0.5, 0.6) is 0 Å². The summed E-state index contributed by atoms with van der Waals surface area (Å²) in [6.07, 6.45) is -1.39. The molecular weight excluding hydrogens is 258 g/mol. The summed E-state index contributed by atoms with van der Waals surface area (Å²) in [5, 5.41) is 10.8. The number of esters is 1. The zero-order valence-corrected chi connectivity index (χ0v) is 10.6. The van der Waals surface area contributed by atoms with Crippen LogP contribution in [0.15, 0.2) is 30.3 Å². The van der Waals surface area contributed by atoms with Crippen LogP contribution in [0.1, 0.15) is 10.9 Å². The Bertz CT molecular complexity index is 410. The second-order valence-corrected chi connectivity index (χ2v) is 3.99. The summed E-state index contributed by atoms with van der Waals surface area (Å²) in [7, 11) is 1.15. The van der Waals surface area contributed by atoms with Crippen LogP contribution in [0.25, 0.3) is 0 Å². The maximum atomic E-state index is 11.7. The fourth-order valence-electron chi connectivity index (χ4n) is 1.28. The first-order valence-electron chi connectivity index (χ1n) is 5.29. The van der Waals surface area contributed by atoms with Crippen LogP contribution in [0.3, 0.4) is 0 Å². The van der Waals surface area contributed by atoms with E-state index in [0.29, 0.717) is 5.56 Å². The third-order valence-electron chi connectivity index (χ3n) is 2.27.